The van der Waals surface area contributed by atoms with Crippen LogP contribution in [0, 0.1) is 10.8 Å². The Balaban J connectivity index is 3.41. The zero-order valence-corrected chi connectivity index (χ0v) is 10.8. The Labute approximate surface area is 109 Å². The van der Waals surface area contributed by atoms with Crippen molar-refractivity contribution in [1.29, 1.82) is 5.41 Å². The van der Waals surface area contributed by atoms with E-state index >= 15 is 0 Å². The molecule has 0 spiro atoms. The number of halogens is 3. The number of alkyl halides is 3. The molecule has 0 aromatic carbocycles. The smallest absolute Gasteiger partial charge is 0.401 e. The Bertz CT molecular complexity index is 498. The third-order valence-electron chi connectivity index (χ3n) is 2.45. The minimum atomic E-state index is -4.71. The molecule has 104 valence electrons. The highest BCUT2D eigenvalue weighted by molar-refractivity contribution is 6.10. The summed E-state index contributed by atoms with van der Waals surface area (Å²) in [5.41, 5.74) is 2.29. The van der Waals surface area contributed by atoms with E-state index in [4.69, 9.17) is 11.1 Å². The monoisotopic (exact) mass is 272 g/mol. The van der Waals surface area contributed by atoms with Crippen molar-refractivity contribution in [2.75, 3.05) is 0 Å². The van der Waals surface area contributed by atoms with E-state index in [0.29, 0.717) is 0 Å². The van der Waals surface area contributed by atoms with Crippen LogP contribution in [0.5, 0.6) is 0 Å². The lowest BCUT2D eigenvalue weighted by Gasteiger charge is -2.25. The van der Waals surface area contributed by atoms with Crippen LogP contribution in [0.1, 0.15) is 26.5 Å². The highest BCUT2D eigenvalue weighted by Crippen LogP contribution is 2.35. The minimum Gasteiger partial charge on any atom is -0.401 e. The molecule has 1 heterocycles. The van der Waals surface area contributed by atoms with Crippen LogP contribution < -0.4 is 5.73 Å². The second kappa shape index (κ2) is 4.99. The minimum absolute atomic E-state index is 0.116. The highest BCUT2D eigenvalue weighted by Gasteiger charge is 2.41. The van der Waals surface area contributed by atoms with Crippen molar-refractivity contribution in [1.82, 2.24) is 9.97 Å². The quantitative estimate of drug-likeness (QED) is 0.813. The molecule has 0 atom stereocenters. The first-order valence-corrected chi connectivity index (χ1v) is 5.48. The van der Waals surface area contributed by atoms with Gasteiger partial charge in [-0.3, -0.25) is 5.41 Å². The molecule has 0 radical (unpaired) electrons. The van der Waals surface area contributed by atoms with E-state index in [9.17, 15) is 13.2 Å². The maximum atomic E-state index is 13.1. The van der Waals surface area contributed by atoms with Gasteiger partial charge >= 0.3 is 6.18 Å². The van der Waals surface area contributed by atoms with Gasteiger partial charge in [0.05, 0.1) is 11.4 Å². The second-order valence-electron chi connectivity index (χ2n) is 5.01. The summed E-state index contributed by atoms with van der Waals surface area (Å²) in [6.07, 6.45) is -2.34. The van der Waals surface area contributed by atoms with E-state index in [1.165, 1.54) is 12.3 Å². The number of nitrogens with two attached hydrogens (primary N) is 1. The molecule has 1 rings (SSSR count). The lowest BCUT2D eigenvalue weighted by molar-refractivity contribution is -0.0877. The van der Waals surface area contributed by atoms with Gasteiger partial charge in [0.2, 0.25) is 0 Å². The Hall–Kier alpha value is -1.92. The zero-order chi connectivity index (χ0) is 14.8. The fraction of sp³-hybridized carbons (Fsp3) is 0.417. The van der Waals surface area contributed by atoms with Gasteiger partial charge in [-0.15, -0.1) is 0 Å². The van der Waals surface area contributed by atoms with Crippen LogP contribution in [-0.2, 0) is 0 Å². The summed E-state index contributed by atoms with van der Waals surface area (Å²) in [5.74, 6) is 0. The van der Waals surface area contributed by atoms with Crippen molar-refractivity contribution in [3.63, 3.8) is 0 Å². The summed E-state index contributed by atoms with van der Waals surface area (Å²) < 4.78 is 39.3. The molecule has 0 aliphatic carbocycles. The molecule has 0 saturated carbocycles. The average molecular weight is 272 g/mol. The maximum Gasteiger partial charge on any atom is 0.420 e. The summed E-state index contributed by atoms with van der Waals surface area (Å²) >= 11 is 0. The van der Waals surface area contributed by atoms with Crippen LogP contribution in [0.15, 0.2) is 29.9 Å². The maximum absolute atomic E-state index is 13.1. The van der Waals surface area contributed by atoms with Gasteiger partial charge in [-0.2, -0.15) is 13.2 Å². The van der Waals surface area contributed by atoms with Crippen LogP contribution in [0.2, 0.25) is 0 Å². The molecule has 1 aromatic rings. The third kappa shape index (κ3) is 3.52. The number of allylic oxidation sites excluding steroid dienone is 2. The standard InChI is InChI=1S/C12H15F3N4/c1-11(2,3)10(17)8(12(13,14)15)9(16)7-4-5-18-6-19-7/h4-6,16H,17H2,1-3H3. The first-order chi connectivity index (χ1) is 8.55. The van der Waals surface area contributed by atoms with Crippen molar-refractivity contribution < 1.29 is 13.2 Å². The number of hydrogen-bond acceptors (Lipinski definition) is 4. The van der Waals surface area contributed by atoms with Gasteiger partial charge in [0.1, 0.15) is 11.9 Å². The van der Waals surface area contributed by atoms with Gasteiger partial charge in [-0.25, -0.2) is 9.97 Å². The number of nitrogens with zero attached hydrogens (tertiary/aromatic N) is 2. The fourth-order valence-electron chi connectivity index (χ4n) is 1.37. The molecule has 0 fully saturated rings. The van der Waals surface area contributed by atoms with Gasteiger partial charge in [-0.1, -0.05) is 20.8 Å². The molecule has 0 amide bonds. The Kier molecular flexibility index (Phi) is 3.97. The van der Waals surface area contributed by atoms with Crippen molar-refractivity contribution in [2.45, 2.75) is 26.9 Å². The number of hydrogen-bond donors (Lipinski definition) is 2. The van der Waals surface area contributed by atoms with Gasteiger partial charge in [0.15, 0.2) is 0 Å². The Morgan fingerprint density at radius 2 is 1.84 bits per heavy atom. The molecule has 0 saturated heterocycles. The zero-order valence-electron chi connectivity index (χ0n) is 10.8. The van der Waals surface area contributed by atoms with Gasteiger partial charge < -0.3 is 5.73 Å². The SMILES string of the molecule is CC(C)(C)C(N)=C(C(=N)c1ccncn1)C(F)(F)F. The topological polar surface area (TPSA) is 75.7 Å². The van der Waals surface area contributed by atoms with Gasteiger partial charge in [0, 0.05) is 17.3 Å². The van der Waals surface area contributed by atoms with Crippen molar-refractivity contribution in [3.05, 3.63) is 35.6 Å². The summed E-state index contributed by atoms with van der Waals surface area (Å²) in [6.45, 7) is 4.67. The predicted molar refractivity (Wildman–Crippen MR) is 65.6 cm³/mol. The molecule has 7 heteroatoms. The Morgan fingerprint density at radius 1 is 1.26 bits per heavy atom. The first kappa shape index (κ1) is 15.1. The fourth-order valence-corrected chi connectivity index (χ4v) is 1.37. The summed E-state index contributed by atoms with van der Waals surface area (Å²) in [6, 6.07) is 1.24. The predicted octanol–water partition coefficient (Wildman–Crippen LogP) is 2.67. The van der Waals surface area contributed by atoms with E-state index < -0.39 is 22.9 Å². The molecular weight excluding hydrogens is 257 g/mol. The Morgan fingerprint density at radius 3 is 2.21 bits per heavy atom. The summed E-state index contributed by atoms with van der Waals surface area (Å²) in [5, 5.41) is 7.70. The molecule has 1 aromatic heterocycles. The normalized spacial score (nSPS) is 14.0. The van der Waals surface area contributed by atoms with Crippen LogP contribution in [-0.4, -0.2) is 21.9 Å². The van der Waals surface area contributed by atoms with Crippen molar-refractivity contribution in [2.24, 2.45) is 11.1 Å². The van der Waals surface area contributed by atoms with Crippen LogP contribution >= 0.6 is 0 Å². The van der Waals surface area contributed by atoms with E-state index in [0.717, 1.165) is 6.33 Å². The van der Waals surface area contributed by atoms with Crippen LogP contribution in [0.3, 0.4) is 0 Å². The van der Waals surface area contributed by atoms with E-state index in [2.05, 4.69) is 9.97 Å². The lowest BCUT2D eigenvalue weighted by atomic mass is 9.87. The number of aromatic nitrogens is 2. The molecule has 0 bridgehead atoms. The molecule has 0 aliphatic rings. The molecule has 19 heavy (non-hydrogen) atoms. The van der Waals surface area contributed by atoms with E-state index in [1.807, 2.05) is 0 Å². The van der Waals surface area contributed by atoms with Crippen LogP contribution in [0.4, 0.5) is 13.2 Å². The average Bonchev–Trinajstić information content (AvgIpc) is 2.27. The second-order valence-corrected chi connectivity index (χ2v) is 5.01. The summed E-state index contributed by atoms with van der Waals surface area (Å²) in [4.78, 5) is 7.26. The first-order valence-electron chi connectivity index (χ1n) is 5.48. The van der Waals surface area contributed by atoms with E-state index in [-0.39, 0.29) is 11.4 Å². The van der Waals surface area contributed by atoms with Gasteiger partial charge in [0.25, 0.3) is 0 Å². The third-order valence-corrected chi connectivity index (χ3v) is 2.45. The molecule has 3 N–H and O–H groups in total. The number of nitrogens with one attached hydrogen (secondary N) is 1. The van der Waals surface area contributed by atoms with Crippen molar-refractivity contribution in [3.8, 4) is 0 Å². The van der Waals surface area contributed by atoms with Gasteiger partial charge in [-0.05, 0) is 6.07 Å². The summed E-state index contributed by atoms with van der Waals surface area (Å²) in [7, 11) is 0. The molecular formula is C12H15F3N4. The lowest BCUT2D eigenvalue weighted by Crippen LogP contribution is -2.31. The highest BCUT2D eigenvalue weighted by atomic mass is 19.4. The molecule has 0 aliphatic heterocycles. The number of rotatable bonds is 2. The van der Waals surface area contributed by atoms with Crippen LogP contribution in [0.25, 0.3) is 0 Å². The molecule has 4 nitrogen and oxygen atoms in total. The van der Waals surface area contributed by atoms with Crippen molar-refractivity contribution >= 4 is 5.71 Å². The molecule has 0 unspecified atom stereocenters. The van der Waals surface area contributed by atoms with E-state index in [1.54, 1.807) is 20.8 Å². The largest absolute Gasteiger partial charge is 0.420 e.